The highest BCUT2D eigenvalue weighted by Gasteiger charge is 2.53. The molecule has 0 fully saturated rings. The van der Waals surface area contributed by atoms with Crippen molar-refractivity contribution in [1.29, 1.82) is 0 Å². The van der Waals surface area contributed by atoms with E-state index in [4.69, 9.17) is 4.74 Å². The van der Waals surface area contributed by atoms with Crippen LogP contribution in [0.25, 0.3) is 0 Å². The number of ether oxygens (including phenoxy) is 1. The Morgan fingerprint density at radius 1 is 1.33 bits per heavy atom. The predicted molar refractivity (Wildman–Crippen MR) is 56.8 cm³/mol. The van der Waals surface area contributed by atoms with E-state index in [0.29, 0.717) is 0 Å². The average molecular weight is 238 g/mol. The van der Waals surface area contributed by atoms with Crippen LogP contribution < -0.4 is 0 Å². The molecule has 6 heteroatoms. The van der Waals surface area contributed by atoms with Crippen LogP contribution in [0, 0.1) is 0 Å². The fourth-order valence-corrected chi connectivity index (χ4v) is 2.94. The summed E-state index contributed by atoms with van der Waals surface area (Å²) in [6.07, 6.45) is 0.425. The van der Waals surface area contributed by atoms with Crippen LogP contribution in [0.2, 0.25) is 0 Å². The van der Waals surface area contributed by atoms with Gasteiger partial charge in [0.2, 0.25) is 0 Å². The Bertz CT molecular complexity index is 259. The zero-order chi connectivity index (χ0) is 12.1. The molecule has 0 radical (unpaired) electrons. The minimum atomic E-state index is -3.97. The van der Waals surface area contributed by atoms with Gasteiger partial charge in [0.1, 0.15) is 0 Å². The standard InChI is InChI=1S/C9H19O5P/c1-5-9(6-2,8(10)14-7-3)15(11,12)13-4/h5-7H2,1-4H3,(H,11,12). The average Bonchev–Trinajstić information content (AvgIpc) is 2.20. The zero-order valence-corrected chi connectivity index (χ0v) is 10.5. The molecule has 1 unspecified atom stereocenters. The summed E-state index contributed by atoms with van der Waals surface area (Å²) in [6, 6.07) is 0. The lowest BCUT2D eigenvalue weighted by molar-refractivity contribution is -0.147. The number of carbonyl (C=O) groups is 1. The Balaban J connectivity index is 5.22. The second-order valence-electron chi connectivity index (χ2n) is 3.16. The van der Waals surface area contributed by atoms with Gasteiger partial charge < -0.3 is 14.2 Å². The summed E-state index contributed by atoms with van der Waals surface area (Å²) >= 11 is 0. The molecule has 0 aromatic rings. The molecular formula is C9H19O5P. The minimum absolute atomic E-state index is 0.185. The van der Waals surface area contributed by atoms with E-state index in [1.54, 1.807) is 20.8 Å². The fourth-order valence-electron chi connectivity index (χ4n) is 1.49. The lowest BCUT2D eigenvalue weighted by atomic mass is 10.0. The second kappa shape index (κ2) is 5.64. The Morgan fingerprint density at radius 3 is 2.07 bits per heavy atom. The van der Waals surface area contributed by atoms with E-state index in [1.165, 1.54) is 0 Å². The molecule has 0 amide bonds. The second-order valence-corrected chi connectivity index (χ2v) is 5.42. The van der Waals surface area contributed by atoms with Crippen molar-refractivity contribution in [3.8, 4) is 0 Å². The molecule has 15 heavy (non-hydrogen) atoms. The summed E-state index contributed by atoms with van der Waals surface area (Å²) in [7, 11) is -2.85. The normalized spacial score (nSPS) is 15.8. The van der Waals surface area contributed by atoms with Crippen LogP contribution in [-0.2, 0) is 18.6 Å². The van der Waals surface area contributed by atoms with Gasteiger partial charge in [0.15, 0.2) is 5.16 Å². The number of esters is 1. The SMILES string of the molecule is CCOC(=O)C(CC)(CC)P(=O)(O)OC. The van der Waals surface area contributed by atoms with E-state index in [0.717, 1.165) is 7.11 Å². The molecule has 0 saturated heterocycles. The third-order valence-corrected chi connectivity index (χ3v) is 5.01. The van der Waals surface area contributed by atoms with Crippen molar-refractivity contribution in [3.05, 3.63) is 0 Å². The lowest BCUT2D eigenvalue weighted by Crippen LogP contribution is -2.39. The first-order valence-electron chi connectivity index (χ1n) is 4.97. The third-order valence-electron chi connectivity index (χ3n) is 2.61. The van der Waals surface area contributed by atoms with Gasteiger partial charge in [0.05, 0.1) is 6.61 Å². The van der Waals surface area contributed by atoms with E-state index >= 15 is 0 Å². The largest absolute Gasteiger partial charge is 0.465 e. The fraction of sp³-hybridized carbons (Fsp3) is 0.889. The van der Waals surface area contributed by atoms with E-state index < -0.39 is 18.7 Å². The van der Waals surface area contributed by atoms with Gasteiger partial charge >= 0.3 is 13.6 Å². The molecule has 0 rings (SSSR count). The van der Waals surface area contributed by atoms with Crippen LogP contribution in [0.1, 0.15) is 33.6 Å². The van der Waals surface area contributed by atoms with Crippen LogP contribution in [0.4, 0.5) is 0 Å². The van der Waals surface area contributed by atoms with Crippen molar-refractivity contribution in [3.63, 3.8) is 0 Å². The molecule has 0 aliphatic rings. The van der Waals surface area contributed by atoms with Crippen molar-refractivity contribution >= 4 is 13.6 Å². The van der Waals surface area contributed by atoms with Gasteiger partial charge in [-0.3, -0.25) is 9.36 Å². The summed E-state index contributed by atoms with van der Waals surface area (Å²) in [5.74, 6) is -0.664. The van der Waals surface area contributed by atoms with Gasteiger partial charge in [-0.1, -0.05) is 13.8 Å². The summed E-state index contributed by atoms with van der Waals surface area (Å²) in [5.41, 5.74) is 0. The Labute approximate surface area is 90.3 Å². The van der Waals surface area contributed by atoms with Gasteiger partial charge in [0, 0.05) is 7.11 Å². The monoisotopic (exact) mass is 238 g/mol. The first-order chi connectivity index (χ1) is 6.91. The highest BCUT2D eigenvalue weighted by Crippen LogP contribution is 2.58. The van der Waals surface area contributed by atoms with E-state index in [-0.39, 0.29) is 19.4 Å². The zero-order valence-electron chi connectivity index (χ0n) is 9.65. The molecule has 1 atom stereocenters. The van der Waals surface area contributed by atoms with Crippen LogP contribution in [0.5, 0.6) is 0 Å². The molecule has 0 heterocycles. The van der Waals surface area contributed by atoms with E-state index in [2.05, 4.69) is 4.52 Å². The summed E-state index contributed by atoms with van der Waals surface area (Å²) < 4.78 is 21.2. The highest BCUT2D eigenvalue weighted by atomic mass is 31.2. The third kappa shape index (κ3) is 2.60. The van der Waals surface area contributed by atoms with Crippen molar-refractivity contribution in [2.75, 3.05) is 13.7 Å². The predicted octanol–water partition coefficient (Wildman–Crippen LogP) is 1.94. The molecule has 5 nitrogen and oxygen atoms in total. The van der Waals surface area contributed by atoms with Crippen LogP contribution in [0.15, 0.2) is 0 Å². The summed E-state index contributed by atoms with van der Waals surface area (Å²) in [4.78, 5) is 21.4. The van der Waals surface area contributed by atoms with E-state index in [1.807, 2.05) is 0 Å². The maximum Gasteiger partial charge on any atom is 0.345 e. The number of hydrogen-bond donors (Lipinski definition) is 1. The number of hydrogen-bond acceptors (Lipinski definition) is 4. The number of carbonyl (C=O) groups excluding carboxylic acids is 1. The Kier molecular flexibility index (Phi) is 5.49. The van der Waals surface area contributed by atoms with Crippen LogP contribution in [0.3, 0.4) is 0 Å². The van der Waals surface area contributed by atoms with Gasteiger partial charge in [0.25, 0.3) is 0 Å². The molecule has 0 aromatic carbocycles. The quantitative estimate of drug-likeness (QED) is 0.565. The molecule has 0 spiro atoms. The molecular weight excluding hydrogens is 219 g/mol. The maximum absolute atomic E-state index is 11.8. The van der Waals surface area contributed by atoms with Gasteiger partial charge in [-0.2, -0.15) is 0 Å². The first-order valence-corrected chi connectivity index (χ1v) is 6.55. The maximum atomic E-state index is 11.8. The summed E-state index contributed by atoms with van der Waals surface area (Å²) in [5, 5.41) is -1.43. The lowest BCUT2D eigenvalue weighted by Gasteiger charge is -2.31. The first kappa shape index (κ1) is 14.6. The van der Waals surface area contributed by atoms with Crippen molar-refractivity contribution < 1.29 is 23.5 Å². The molecule has 1 N–H and O–H groups in total. The molecule has 0 aliphatic heterocycles. The molecule has 0 aromatic heterocycles. The van der Waals surface area contributed by atoms with Crippen molar-refractivity contribution in [1.82, 2.24) is 0 Å². The Hall–Kier alpha value is -0.380. The topological polar surface area (TPSA) is 72.8 Å². The summed E-state index contributed by atoms with van der Waals surface area (Å²) in [6.45, 7) is 5.18. The van der Waals surface area contributed by atoms with Gasteiger partial charge in [-0.05, 0) is 19.8 Å². The highest BCUT2D eigenvalue weighted by molar-refractivity contribution is 7.55. The van der Waals surface area contributed by atoms with E-state index in [9.17, 15) is 14.3 Å². The molecule has 0 bridgehead atoms. The smallest absolute Gasteiger partial charge is 0.345 e. The van der Waals surface area contributed by atoms with Crippen molar-refractivity contribution in [2.45, 2.75) is 38.8 Å². The molecule has 0 aliphatic carbocycles. The van der Waals surface area contributed by atoms with Crippen LogP contribution in [-0.4, -0.2) is 29.7 Å². The minimum Gasteiger partial charge on any atom is -0.465 e. The Morgan fingerprint density at radius 2 is 1.80 bits per heavy atom. The van der Waals surface area contributed by atoms with Gasteiger partial charge in [-0.15, -0.1) is 0 Å². The van der Waals surface area contributed by atoms with Crippen LogP contribution >= 0.6 is 7.60 Å². The van der Waals surface area contributed by atoms with Gasteiger partial charge in [-0.25, -0.2) is 0 Å². The molecule has 90 valence electrons. The number of rotatable bonds is 6. The van der Waals surface area contributed by atoms with Crippen molar-refractivity contribution in [2.24, 2.45) is 0 Å². The molecule has 0 saturated carbocycles.